The van der Waals surface area contributed by atoms with Gasteiger partial charge in [0.1, 0.15) is 0 Å². The molecular weight excluding hydrogens is 364 g/mol. The molecule has 0 bridgehead atoms. The topological polar surface area (TPSA) is 41.1 Å². The molecule has 1 aromatic carbocycles. The number of hydrogen-bond donors (Lipinski definition) is 2. The van der Waals surface area contributed by atoms with Crippen molar-refractivity contribution in [3.05, 3.63) is 34.3 Å². The molecule has 3 nitrogen and oxygen atoms in total. The average molecular weight is 390 g/mol. The van der Waals surface area contributed by atoms with E-state index in [-0.39, 0.29) is 23.7 Å². The lowest BCUT2D eigenvalue weighted by Crippen LogP contribution is -2.47. The lowest BCUT2D eigenvalue weighted by molar-refractivity contribution is -0.126. The van der Waals surface area contributed by atoms with Gasteiger partial charge in [0, 0.05) is 11.0 Å². The van der Waals surface area contributed by atoms with Crippen LogP contribution in [-0.2, 0) is 10.2 Å². The van der Waals surface area contributed by atoms with Crippen molar-refractivity contribution in [1.82, 2.24) is 10.6 Å². The summed E-state index contributed by atoms with van der Waals surface area (Å²) in [6.45, 7) is 9.07. The van der Waals surface area contributed by atoms with Crippen molar-refractivity contribution in [2.24, 2.45) is 5.41 Å². The van der Waals surface area contributed by atoms with E-state index in [4.69, 9.17) is 0 Å². The van der Waals surface area contributed by atoms with Gasteiger partial charge in [-0.1, -0.05) is 35.0 Å². The molecule has 1 amide bonds. The highest BCUT2D eigenvalue weighted by Gasteiger charge is 2.33. The van der Waals surface area contributed by atoms with Crippen LogP contribution in [0.15, 0.2) is 28.7 Å². The van der Waals surface area contributed by atoms with Crippen molar-refractivity contribution in [2.45, 2.75) is 39.0 Å². The minimum atomic E-state index is -0.521. The summed E-state index contributed by atoms with van der Waals surface area (Å²) < 4.78 is 1.01. The zero-order valence-electron chi connectivity index (χ0n) is 13.5. The molecule has 1 aliphatic rings. The van der Waals surface area contributed by atoms with E-state index in [9.17, 15) is 4.79 Å². The molecule has 1 fully saturated rings. The van der Waals surface area contributed by atoms with Crippen LogP contribution < -0.4 is 10.6 Å². The lowest BCUT2D eigenvalue weighted by atomic mass is 9.79. The van der Waals surface area contributed by atoms with E-state index >= 15 is 0 Å². The number of carbonyl (C=O) groups excluding carboxylic acids is 1. The first-order valence-electron chi connectivity index (χ1n) is 7.59. The monoisotopic (exact) mass is 388 g/mol. The van der Waals surface area contributed by atoms with E-state index < -0.39 is 5.41 Å². The van der Waals surface area contributed by atoms with E-state index in [1.54, 1.807) is 0 Å². The molecule has 124 valence electrons. The van der Waals surface area contributed by atoms with E-state index in [0.29, 0.717) is 0 Å². The van der Waals surface area contributed by atoms with Gasteiger partial charge in [-0.25, -0.2) is 0 Å². The Bertz CT molecular complexity index is 513. The maximum absolute atomic E-state index is 12.6. The standard InChI is InChI=1S/C17H25BrN2O.ClH/c1-16(2,13-5-4-6-14(18)11-13)15(21)20-12-17(3)7-9-19-10-8-17;/h4-6,11,19H,7-10,12H2,1-3H3,(H,20,21);1H. The molecule has 1 aliphatic heterocycles. The highest BCUT2D eigenvalue weighted by molar-refractivity contribution is 9.10. The Morgan fingerprint density at radius 1 is 1.36 bits per heavy atom. The minimum Gasteiger partial charge on any atom is -0.355 e. The summed E-state index contributed by atoms with van der Waals surface area (Å²) in [5, 5.41) is 6.54. The van der Waals surface area contributed by atoms with Gasteiger partial charge in [0.2, 0.25) is 5.91 Å². The van der Waals surface area contributed by atoms with Gasteiger partial charge in [-0.15, -0.1) is 12.4 Å². The fraction of sp³-hybridized carbons (Fsp3) is 0.588. The molecular formula is C17H26BrClN2O. The first-order valence-corrected chi connectivity index (χ1v) is 8.38. The van der Waals surface area contributed by atoms with Gasteiger partial charge in [-0.3, -0.25) is 4.79 Å². The Morgan fingerprint density at radius 3 is 2.59 bits per heavy atom. The lowest BCUT2D eigenvalue weighted by Gasteiger charge is -2.35. The molecule has 0 saturated carbocycles. The molecule has 0 spiro atoms. The van der Waals surface area contributed by atoms with Crippen LogP contribution in [0.2, 0.25) is 0 Å². The normalized spacial score (nSPS) is 17.5. The summed E-state index contributed by atoms with van der Waals surface area (Å²) in [4.78, 5) is 12.6. The van der Waals surface area contributed by atoms with Crippen LogP contribution in [0.1, 0.15) is 39.2 Å². The van der Waals surface area contributed by atoms with Gasteiger partial charge in [0.15, 0.2) is 0 Å². The molecule has 1 saturated heterocycles. The SMILES string of the molecule is CC1(CNC(=O)C(C)(C)c2cccc(Br)c2)CCNCC1.Cl. The zero-order valence-corrected chi connectivity index (χ0v) is 15.9. The third-order valence-corrected chi connectivity index (χ3v) is 5.09. The van der Waals surface area contributed by atoms with Crippen LogP contribution in [0, 0.1) is 5.41 Å². The van der Waals surface area contributed by atoms with Crippen molar-refractivity contribution in [3.8, 4) is 0 Å². The molecule has 1 heterocycles. The number of piperidine rings is 1. The largest absolute Gasteiger partial charge is 0.355 e. The van der Waals surface area contributed by atoms with Gasteiger partial charge >= 0.3 is 0 Å². The Balaban J connectivity index is 0.00000242. The predicted molar refractivity (Wildman–Crippen MR) is 97.6 cm³/mol. The number of amides is 1. The van der Waals surface area contributed by atoms with Crippen LogP contribution in [-0.4, -0.2) is 25.5 Å². The molecule has 0 atom stereocenters. The van der Waals surface area contributed by atoms with Crippen molar-refractivity contribution in [2.75, 3.05) is 19.6 Å². The first-order chi connectivity index (χ1) is 9.83. The van der Waals surface area contributed by atoms with E-state index in [0.717, 1.165) is 42.5 Å². The summed E-state index contributed by atoms with van der Waals surface area (Å²) in [6.07, 6.45) is 2.23. The highest BCUT2D eigenvalue weighted by atomic mass is 79.9. The number of nitrogens with one attached hydrogen (secondary N) is 2. The smallest absolute Gasteiger partial charge is 0.230 e. The van der Waals surface area contributed by atoms with Gasteiger partial charge in [-0.2, -0.15) is 0 Å². The van der Waals surface area contributed by atoms with Gasteiger partial charge in [-0.05, 0) is 62.9 Å². The minimum absolute atomic E-state index is 0. The van der Waals surface area contributed by atoms with Crippen LogP contribution in [0.4, 0.5) is 0 Å². The zero-order chi connectivity index (χ0) is 15.5. The molecule has 5 heteroatoms. The quantitative estimate of drug-likeness (QED) is 0.825. The number of benzene rings is 1. The second kappa shape index (κ2) is 7.80. The van der Waals surface area contributed by atoms with Crippen LogP contribution in [0.5, 0.6) is 0 Å². The molecule has 0 aromatic heterocycles. The second-order valence-corrected chi connectivity index (χ2v) is 7.79. The van der Waals surface area contributed by atoms with E-state index in [1.807, 2.05) is 38.1 Å². The van der Waals surface area contributed by atoms with Crippen molar-refractivity contribution >= 4 is 34.2 Å². The Hall–Kier alpha value is -0.580. The van der Waals surface area contributed by atoms with Crippen molar-refractivity contribution in [1.29, 1.82) is 0 Å². The Kier molecular flexibility index (Phi) is 6.90. The predicted octanol–water partition coefficient (Wildman–Crippen LogP) is 3.65. The van der Waals surface area contributed by atoms with Crippen molar-refractivity contribution in [3.63, 3.8) is 0 Å². The summed E-state index contributed by atoms with van der Waals surface area (Å²) in [5.41, 5.74) is 0.728. The number of hydrogen-bond acceptors (Lipinski definition) is 2. The molecule has 0 radical (unpaired) electrons. The van der Waals surface area contributed by atoms with Crippen LogP contribution in [0.25, 0.3) is 0 Å². The fourth-order valence-corrected chi connectivity index (χ4v) is 3.13. The van der Waals surface area contributed by atoms with Gasteiger partial charge in [0.05, 0.1) is 5.41 Å². The molecule has 0 unspecified atom stereocenters. The number of rotatable bonds is 4. The van der Waals surface area contributed by atoms with Crippen LogP contribution >= 0.6 is 28.3 Å². The number of halogens is 2. The number of carbonyl (C=O) groups is 1. The van der Waals surface area contributed by atoms with E-state index in [2.05, 4.69) is 33.5 Å². The maximum atomic E-state index is 12.6. The summed E-state index contributed by atoms with van der Waals surface area (Å²) in [7, 11) is 0. The molecule has 2 N–H and O–H groups in total. The maximum Gasteiger partial charge on any atom is 0.230 e. The third kappa shape index (κ3) is 4.71. The second-order valence-electron chi connectivity index (χ2n) is 6.88. The van der Waals surface area contributed by atoms with E-state index in [1.165, 1.54) is 0 Å². The fourth-order valence-electron chi connectivity index (χ4n) is 2.73. The molecule has 1 aromatic rings. The molecule has 0 aliphatic carbocycles. The average Bonchev–Trinajstić information content (AvgIpc) is 2.45. The molecule has 22 heavy (non-hydrogen) atoms. The summed E-state index contributed by atoms with van der Waals surface area (Å²) in [5.74, 6) is 0.0976. The summed E-state index contributed by atoms with van der Waals surface area (Å²) >= 11 is 3.48. The Morgan fingerprint density at radius 2 is 2.00 bits per heavy atom. The van der Waals surface area contributed by atoms with Crippen molar-refractivity contribution < 1.29 is 4.79 Å². The van der Waals surface area contributed by atoms with Gasteiger partial charge < -0.3 is 10.6 Å². The third-order valence-electron chi connectivity index (χ3n) is 4.60. The highest BCUT2D eigenvalue weighted by Crippen LogP contribution is 2.29. The first kappa shape index (κ1) is 19.5. The summed E-state index contributed by atoms with van der Waals surface area (Å²) in [6, 6.07) is 7.98. The van der Waals surface area contributed by atoms with Crippen LogP contribution in [0.3, 0.4) is 0 Å². The van der Waals surface area contributed by atoms with Gasteiger partial charge in [0.25, 0.3) is 0 Å². The molecule has 2 rings (SSSR count). The Labute approximate surface area is 148 Å².